The number of carbonyl (C=O) groups excluding carboxylic acids is 3. The fraction of sp³-hybridized carbons (Fsp3) is 0.880. The molecule has 0 fully saturated rings. The summed E-state index contributed by atoms with van der Waals surface area (Å²) in [5, 5.41) is 8.08. The van der Waals surface area contributed by atoms with E-state index in [1.54, 1.807) is 0 Å². The first-order chi connectivity index (χ1) is 17.5. The van der Waals surface area contributed by atoms with Gasteiger partial charge in [0.25, 0.3) is 0 Å². The monoisotopic (exact) mass is 532 g/mol. The molecule has 36 heavy (non-hydrogen) atoms. The molecule has 0 aliphatic rings. The van der Waals surface area contributed by atoms with E-state index >= 15 is 0 Å². The van der Waals surface area contributed by atoms with Crippen molar-refractivity contribution in [2.75, 3.05) is 44.9 Å². The summed E-state index contributed by atoms with van der Waals surface area (Å²) >= 11 is 1.35. The number of nitrogens with zero attached hydrogens (tertiary/aromatic N) is 1. The van der Waals surface area contributed by atoms with E-state index < -0.39 is 30.5 Å². The lowest BCUT2D eigenvalue weighted by atomic mass is 10.1. The fourth-order valence-electron chi connectivity index (χ4n) is 3.51. The highest BCUT2D eigenvalue weighted by atomic mass is 32.2. The molecule has 4 N–H and O–H groups in total. The molecule has 10 nitrogen and oxygen atoms in total. The molecule has 0 aromatic rings. The van der Waals surface area contributed by atoms with E-state index in [2.05, 4.69) is 27.5 Å². The Hall–Kier alpha value is -1.72. The summed E-state index contributed by atoms with van der Waals surface area (Å²) < 4.78 is 9.68. The summed E-state index contributed by atoms with van der Waals surface area (Å²) in [6, 6.07) is -2.04. The highest BCUT2D eigenvalue weighted by Gasteiger charge is 2.24. The molecule has 0 unspecified atom stereocenters. The normalized spacial score (nSPS) is 12.5. The van der Waals surface area contributed by atoms with E-state index in [-0.39, 0.29) is 24.9 Å². The van der Waals surface area contributed by atoms with Gasteiger partial charge in [0.05, 0.1) is 19.7 Å². The second-order valence-corrected chi connectivity index (χ2v) is 10.0. The van der Waals surface area contributed by atoms with Crippen molar-refractivity contribution < 1.29 is 23.9 Å². The molecule has 0 spiro atoms. The Kier molecular flexibility index (Phi) is 23.8. The number of nitrogens with two attached hydrogens (primary N) is 1. The summed E-state index contributed by atoms with van der Waals surface area (Å²) in [5.74, 6) is -0.897. The van der Waals surface area contributed by atoms with E-state index in [0.717, 1.165) is 20.1 Å². The third kappa shape index (κ3) is 20.5. The number of hydrogen-bond donors (Lipinski definition) is 3. The zero-order valence-electron chi connectivity index (χ0n) is 22.3. The van der Waals surface area contributed by atoms with Gasteiger partial charge >= 0.3 is 11.9 Å². The van der Waals surface area contributed by atoms with Crippen LogP contribution in [-0.4, -0.2) is 74.8 Å². The minimum absolute atomic E-state index is 0.185. The Morgan fingerprint density at radius 3 is 2.08 bits per heavy atom. The van der Waals surface area contributed by atoms with Gasteiger partial charge in [-0.05, 0) is 13.0 Å². The van der Waals surface area contributed by atoms with Crippen molar-refractivity contribution in [2.24, 2.45) is 10.9 Å². The molecule has 11 heteroatoms. The van der Waals surface area contributed by atoms with Gasteiger partial charge in [-0.3, -0.25) is 9.59 Å². The van der Waals surface area contributed by atoms with Crippen LogP contribution in [0, 0.1) is 4.91 Å². The molecule has 0 aromatic carbocycles. The Balaban J connectivity index is 3.58. The molecular formula is C25H48N4O6S. The molecule has 0 aliphatic heterocycles. The number of nitroso groups, excluding NO2 is 1. The first-order valence-corrected chi connectivity index (χ1v) is 14.5. The summed E-state index contributed by atoms with van der Waals surface area (Å²) in [5.41, 5.74) is 5.80. The van der Waals surface area contributed by atoms with Crippen LogP contribution in [0.3, 0.4) is 0 Å². The third-order valence-corrected chi connectivity index (χ3v) is 6.71. The molecule has 1 amide bonds. The number of rotatable bonds is 25. The summed E-state index contributed by atoms with van der Waals surface area (Å²) in [6.07, 6.45) is 15.6. The average Bonchev–Trinajstić information content (AvgIpc) is 2.87. The van der Waals surface area contributed by atoms with Gasteiger partial charge in [-0.25, -0.2) is 4.79 Å². The van der Waals surface area contributed by atoms with Crippen LogP contribution in [0.2, 0.25) is 0 Å². The van der Waals surface area contributed by atoms with Crippen LogP contribution in [0.1, 0.15) is 84.0 Å². The van der Waals surface area contributed by atoms with E-state index in [4.69, 9.17) is 10.5 Å². The molecule has 0 saturated heterocycles. The molecule has 0 radical (unpaired) electrons. The van der Waals surface area contributed by atoms with Crippen LogP contribution >= 0.6 is 11.8 Å². The summed E-state index contributed by atoms with van der Waals surface area (Å²) in [4.78, 5) is 45.7. The number of unbranched alkanes of at least 4 members (excludes halogenated alkanes) is 11. The Bertz CT molecular complexity index is 597. The highest BCUT2D eigenvalue weighted by molar-refractivity contribution is 7.99. The summed E-state index contributed by atoms with van der Waals surface area (Å²) in [7, 11) is 1.15. The molecule has 0 heterocycles. The smallest absolute Gasteiger partial charge is 0.330 e. The SMILES string of the molecule is CCCCCCCCCCCCCCNCC(=O)OCCSC[C@H](N)C(=O)N[C@@H](CN=O)C(=O)OC. The van der Waals surface area contributed by atoms with Gasteiger partial charge in [-0.15, -0.1) is 0 Å². The maximum Gasteiger partial charge on any atom is 0.330 e. The van der Waals surface area contributed by atoms with Crippen LogP contribution in [-0.2, 0) is 23.9 Å². The first-order valence-electron chi connectivity index (χ1n) is 13.3. The lowest BCUT2D eigenvalue weighted by Crippen LogP contribution is -2.50. The van der Waals surface area contributed by atoms with Crippen molar-refractivity contribution in [1.82, 2.24) is 10.6 Å². The van der Waals surface area contributed by atoms with Crippen LogP contribution < -0.4 is 16.4 Å². The lowest BCUT2D eigenvalue weighted by molar-refractivity contribution is -0.144. The number of hydrogen-bond acceptors (Lipinski definition) is 10. The second-order valence-electron chi connectivity index (χ2n) is 8.86. The number of nitrogens with one attached hydrogen (secondary N) is 2. The van der Waals surface area contributed by atoms with E-state index in [0.29, 0.717) is 5.75 Å². The van der Waals surface area contributed by atoms with Crippen molar-refractivity contribution in [3.63, 3.8) is 0 Å². The number of amides is 1. The average molecular weight is 533 g/mol. The number of ether oxygens (including phenoxy) is 2. The zero-order chi connectivity index (χ0) is 26.9. The number of methoxy groups -OCH3 is 1. The molecule has 0 rings (SSSR count). The molecule has 210 valence electrons. The van der Waals surface area contributed by atoms with E-state index in [1.807, 2.05) is 0 Å². The highest BCUT2D eigenvalue weighted by Crippen LogP contribution is 2.11. The third-order valence-electron chi connectivity index (χ3n) is 5.66. The van der Waals surface area contributed by atoms with Crippen LogP contribution in [0.5, 0.6) is 0 Å². The van der Waals surface area contributed by atoms with Crippen LogP contribution in [0.4, 0.5) is 0 Å². The maximum atomic E-state index is 12.0. The number of esters is 2. The molecule has 0 aromatic heterocycles. The van der Waals surface area contributed by atoms with Gasteiger partial charge in [0.1, 0.15) is 19.2 Å². The minimum Gasteiger partial charge on any atom is -0.467 e. The predicted octanol–water partition coefficient (Wildman–Crippen LogP) is 3.31. The van der Waals surface area contributed by atoms with Gasteiger partial charge < -0.3 is 25.8 Å². The second kappa shape index (κ2) is 25.0. The lowest BCUT2D eigenvalue weighted by Gasteiger charge is -2.16. The van der Waals surface area contributed by atoms with Gasteiger partial charge in [-0.2, -0.15) is 16.7 Å². The van der Waals surface area contributed by atoms with Gasteiger partial charge in [0.2, 0.25) is 5.91 Å². The predicted molar refractivity (Wildman–Crippen MR) is 145 cm³/mol. The van der Waals surface area contributed by atoms with Gasteiger partial charge in [0, 0.05) is 11.5 Å². The largest absolute Gasteiger partial charge is 0.467 e. The van der Waals surface area contributed by atoms with E-state index in [1.165, 1.54) is 82.4 Å². The topological polar surface area (TPSA) is 149 Å². The number of thioether (sulfide) groups is 1. The molecule has 2 atom stereocenters. The molecule has 0 aliphatic carbocycles. The van der Waals surface area contributed by atoms with Crippen LogP contribution in [0.25, 0.3) is 0 Å². The van der Waals surface area contributed by atoms with Crippen molar-refractivity contribution >= 4 is 29.6 Å². The van der Waals surface area contributed by atoms with E-state index in [9.17, 15) is 19.3 Å². The van der Waals surface area contributed by atoms with Crippen molar-refractivity contribution in [1.29, 1.82) is 0 Å². The standard InChI is InChI=1S/C25H48N4O6S/c1-3-4-5-6-7-8-9-10-11-12-13-14-15-27-19-23(30)35-16-17-36-20-21(26)24(31)29-22(18-28-33)25(32)34-2/h21-22,27H,3-20,26H2,1-2H3,(H,29,31)/t21-,22-/m0/s1. The van der Waals surface area contributed by atoms with Crippen LogP contribution in [0.15, 0.2) is 5.18 Å². The van der Waals surface area contributed by atoms with Crippen molar-refractivity contribution in [3.05, 3.63) is 4.91 Å². The minimum atomic E-state index is -1.15. The zero-order valence-corrected chi connectivity index (χ0v) is 23.1. The van der Waals surface area contributed by atoms with Gasteiger partial charge in [0.15, 0.2) is 0 Å². The molecular weight excluding hydrogens is 484 g/mol. The summed E-state index contributed by atoms with van der Waals surface area (Å²) in [6.45, 7) is 3.03. The molecule has 0 saturated carbocycles. The maximum absolute atomic E-state index is 12.0. The quantitative estimate of drug-likeness (QED) is 0.0914. The number of carbonyl (C=O) groups is 3. The molecule has 0 bridgehead atoms. The van der Waals surface area contributed by atoms with Crippen molar-refractivity contribution in [2.45, 2.75) is 96.1 Å². The first kappa shape index (κ1) is 34.3. The van der Waals surface area contributed by atoms with Crippen molar-refractivity contribution in [3.8, 4) is 0 Å². The fourth-order valence-corrected chi connectivity index (χ4v) is 4.28. The van der Waals surface area contributed by atoms with Gasteiger partial charge in [-0.1, -0.05) is 82.7 Å². The Morgan fingerprint density at radius 2 is 1.53 bits per heavy atom. The Morgan fingerprint density at radius 1 is 0.944 bits per heavy atom. The Labute approximate surface area is 220 Å².